The molecule has 0 aromatic heterocycles. The predicted molar refractivity (Wildman–Crippen MR) is 81.2 cm³/mol. The van der Waals surface area contributed by atoms with Gasteiger partial charge < -0.3 is 4.90 Å². The molecule has 5 nitrogen and oxygen atoms in total. The number of halogens is 2. The van der Waals surface area contributed by atoms with Crippen LogP contribution in [0.2, 0.25) is 0 Å². The number of hydrogen-bond acceptors (Lipinski definition) is 3. The van der Waals surface area contributed by atoms with Crippen molar-refractivity contribution in [2.24, 2.45) is 5.92 Å². The van der Waals surface area contributed by atoms with E-state index >= 15 is 0 Å². The molecule has 0 radical (unpaired) electrons. The zero-order chi connectivity index (χ0) is 17.2. The van der Waals surface area contributed by atoms with Gasteiger partial charge in [-0.1, -0.05) is 13.8 Å². The highest BCUT2D eigenvalue weighted by Crippen LogP contribution is 2.22. The Balaban J connectivity index is 2.10. The molecule has 0 saturated carbocycles. The Bertz CT molecular complexity index is 684. The Morgan fingerprint density at radius 2 is 1.78 bits per heavy atom. The van der Waals surface area contributed by atoms with Gasteiger partial charge in [0.05, 0.1) is 0 Å². The Hall–Kier alpha value is -1.54. The molecule has 0 N–H and O–H groups in total. The van der Waals surface area contributed by atoms with E-state index in [4.69, 9.17) is 0 Å². The molecule has 1 aliphatic heterocycles. The molecule has 1 aromatic rings. The molecular formula is C15H20F2N2O3S. The quantitative estimate of drug-likeness (QED) is 0.836. The van der Waals surface area contributed by atoms with Gasteiger partial charge in [-0.2, -0.15) is 4.31 Å². The van der Waals surface area contributed by atoms with E-state index in [1.54, 1.807) is 4.90 Å². The summed E-state index contributed by atoms with van der Waals surface area (Å²) in [5.74, 6) is -1.58. The van der Waals surface area contributed by atoms with Crippen molar-refractivity contribution in [2.45, 2.75) is 25.2 Å². The predicted octanol–water partition coefficient (Wildman–Crippen LogP) is 1.84. The summed E-state index contributed by atoms with van der Waals surface area (Å²) >= 11 is 0. The second-order valence-corrected chi connectivity index (χ2v) is 7.86. The van der Waals surface area contributed by atoms with Crippen molar-refractivity contribution in [2.75, 3.05) is 26.2 Å². The minimum absolute atomic E-state index is 0.0195. The fraction of sp³-hybridized carbons (Fsp3) is 0.533. The summed E-state index contributed by atoms with van der Waals surface area (Å²) in [7, 11) is -4.11. The topological polar surface area (TPSA) is 57.7 Å². The van der Waals surface area contributed by atoms with E-state index in [-0.39, 0.29) is 38.0 Å². The van der Waals surface area contributed by atoms with Crippen molar-refractivity contribution in [3.63, 3.8) is 0 Å². The summed E-state index contributed by atoms with van der Waals surface area (Å²) in [4.78, 5) is 12.9. The van der Waals surface area contributed by atoms with Gasteiger partial charge in [-0.25, -0.2) is 17.2 Å². The highest BCUT2D eigenvalue weighted by molar-refractivity contribution is 7.89. The molecule has 0 bridgehead atoms. The second kappa shape index (κ2) is 6.92. The normalized spacial score (nSPS) is 16.8. The van der Waals surface area contributed by atoms with Crippen LogP contribution in [-0.4, -0.2) is 49.7 Å². The first-order valence-electron chi connectivity index (χ1n) is 7.45. The number of carbonyl (C=O) groups excluding carboxylic acids is 1. The number of piperazine rings is 1. The molecule has 128 valence electrons. The average Bonchev–Trinajstić information content (AvgIpc) is 2.49. The molecule has 1 heterocycles. The molecular weight excluding hydrogens is 326 g/mol. The van der Waals surface area contributed by atoms with Gasteiger partial charge in [-0.3, -0.25) is 4.79 Å². The van der Waals surface area contributed by atoms with Crippen LogP contribution in [0.3, 0.4) is 0 Å². The number of nitrogens with zero attached hydrogens (tertiary/aromatic N) is 2. The lowest BCUT2D eigenvalue weighted by Gasteiger charge is -2.34. The van der Waals surface area contributed by atoms with E-state index in [9.17, 15) is 22.0 Å². The fourth-order valence-electron chi connectivity index (χ4n) is 2.47. The highest BCUT2D eigenvalue weighted by Gasteiger charge is 2.32. The summed E-state index contributed by atoms with van der Waals surface area (Å²) < 4.78 is 52.9. The Kier molecular flexibility index (Phi) is 5.36. The molecule has 1 fully saturated rings. The van der Waals surface area contributed by atoms with E-state index in [0.29, 0.717) is 12.5 Å². The second-order valence-electron chi connectivity index (χ2n) is 5.96. The summed E-state index contributed by atoms with van der Waals surface area (Å²) in [6, 6.07) is 2.35. The number of sulfonamides is 1. The molecule has 0 spiro atoms. The molecule has 2 rings (SSSR count). The minimum Gasteiger partial charge on any atom is -0.340 e. The van der Waals surface area contributed by atoms with Crippen molar-refractivity contribution < 1.29 is 22.0 Å². The number of amides is 1. The maximum atomic E-state index is 13.7. The van der Waals surface area contributed by atoms with Crippen LogP contribution in [0.4, 0.5) is 8.78 Å². The van der Waals surface area contributed by atoms with Gasteiger partial charge in [-0.05, 0) is 24.1 Å². The molecule has 0 atom stereocenters. The van der Waals surface area contributed by atoms with Gasteiger partial charge in [0.1, 0.15) is 16.5 Å². The van der Waals surface area contributed by atoms with Crippen LogP contribution in [0.5, 0.6) is 0 Å². The van der Waals surface area contributed by atoms with Gasteiger partial charge >= 0.3 is 0 Å². The third kappa shape index (κ3) is 4.06. The van der Waals surface area contributed by atoms with Crippen LogP contribution in [0, 0.1) is 17.6 Å². The zero-order valence-electron chi connectivity index (χ0n) is 13.1. The molecule has 1 saturated heterocycles. The summed E-state index contributed by atoms with van der Waals surface area (Å²) in [6.07, 6.45) is 0.408. The highest BCUT2D eigenvalue weighted by atomic mass is 32.2. The van der Waals surface area contributed by atoms with E-state index in [1.165, 1.54) is 0 Å². The van der Waals surface area contributed by atoms with E-state index in [1.807, 2.05) is 13.8 Å². The van der Waals surface area contributed by atoms with Gasteiger partial charge in [-0.15, -0.1) is 0 Å². The molecule has 0 aliphatic carbocycles. The number of carbonyl (C=O) groups is 1. The molecule has 8 heteroatoms. The van der Waals surface area contributed by atoms with Crippen molar-refractivity contribution in [3.05, 3.63) is 29.8 Å². The third-order valence-corrected chi connectivity index (χ3v) is 5.60. The van der Waals surface area contributed by atoms with Gasteiger partial charge in [0.25, 0.3) is 0 Å². The lowest BCUT2D eigenvalue weighted by atomic mass is 10.1. The van der Waals surface area contributed by atoms with Crippen LogP contribution in [0.1, 0.15) is 20.3 Å². The number of benzene rings is 1. The average molecular weight is 346 g/mol. The van der Waals surface area contributed by atoms with Crippen molar-refractivity contribution in [3.8, 4) is 0 Å². The van der Waals surface area contributed by atoms with Crippen LogP contribution >= 0.6 is 0 Å². The first-order valence-corrected chi connectivity index (χ1v) is 8.89. The van der Waals surface area contributed by atoms with Gasteiger partial charge in [0.2, 0.25) is 15.9 Å². The summed E-state index contributed by atoms with van der Waals surface area (Å²) in [5.41, 5.74) is 0. The van der Waals surface area contributed by atoms with Gasteiger partial charge in [0, 0.05) is 32.6 Å². The molecule has 1 amide bonds. The monoisotopic (exact) mass is 346 g/mol. The van der Waals surface area contributed by atoms with Crippen LogP contribution in [-0.2, 0) is 14.8 Å². The van der Waals surface area contributed by atoms with Crippen molar-refractivity contribution in [1.29, 1.82) is 0 Å². The van der Waals surface area contributed by atoms with E-state index in [2.05, 4.69) is 0 Å². The smallest absolute Gasteiger partial charge is 0.246 e. The number of rotatable bonds is 4. The molecule has 1 aromatic carbocycles. The van der Waals surface area contributed by atoms with Crippen molar-refractivity contribution in [1.82, 2.24) is 9.21 Å². The lowest BCUT2D eigenvalue weighted by molar-refractivity contribution is -0.133. The zero-order valence-corrected chi connectivity index (χ0v) is 13.9. The maximum Gasteiger partial charge on any atom is 0.246 e. The SMILES string of the molecule is CC(C)CC(=O)N1CCN(S(=O)(=O)c2cc(F)ccc2F)CC1. The first-order chi connectivity index (χ1) is 10.7. The minimum atomic E-state index is -4.11. The Morgan fingerprint density at radius 1 is 1.17 bits per heavy atom. The van der Waals surface area contributed by atoms with Crippen LogP contribution in [0.15, 0.2) is 23.1 Å². The lowest BCUT2D eigenvalue weighted by Crippen LogP contribution is -2.50. The van der Waals surface area contributed by atoms with E-state index < -0.39 is 26.6 Å². The summed E-state index contributed by atoms with van der Waals surface area (Å²) in [5, 5.41) is 0. The Labute approximate surface area is 134 Å². The van der Waals surface area contributed by atoms with E-state index in [0.717, 1.165) is 16.4 Å². The Morgan fingerprint density at radius 3 is 2.35 bits per heavy atom. The third-order valence-electron chi connectivity index (χ3n) is 3.69. The van der Waals surface area contributed by atoms with Crippen LogP contribution < -0.4 is 0 Å². The van der Waals surface area contributed by atoms with Crippen LogP contribution in [0.25, 0.3) is 0 Å². The summed E-state index contributed by atoms with van der Waals surface area (Å²) in [6.45, 7) is 4.52. The maximum absolute atomic E-state index is 13.7. The van der Waals surface area contributed by atoms with Gasteiger partial charge in [0.15, 0.2) is 0 Å². The number of hydrogen-bond donors (Lipinski definition) is 0. The largest absolute Gasteiger partial charge is 0.340 e. The molecule has 1 aliphatic rings. The molecule has 23 heavy (non-hydrogen) atoms. The molecule has 0 unspecified atom stereocenters. The standard InChI is InChI=1S/C15H20F2N2O3S/c1-11(2)9-15(20)18-5-7-19(8-6-18)23(21,22)14-10-12(16)3-4-13(14)17/h3-4,10-11H,5-9H2,1-2H3. The fourth-order valence-corrected chi connectivity index (χ4v) is 3.97. The van der Waals surface area contributed by atoms with Crippen molar-refractivity contribution >= 4 is 15.9 Å². The first kappa shape index (κ1) is 17.8.